The number of amides is 2. The maximum Gasteiger partial charge on any atom is 0.406 e. The molecule has 11 heteroatoms. The number of hydrogen-bond donors (Lipinski definition) is 2. The van der Waals surface area contributed by atoms with Crippen molar-refractivity contribution in [2.24, 2.45) is 11.3 Å². The minimum atomic E-state index is -4.15. The van der Waals surface area contributed by atoms with Crippen LogP contribution in [0.3, 0.4) is 0 Å². The number of likely N-dealkylation sites (tertiary alicyclic amines) is 2. The number of carbonyl (C=O) groups is 1. The minimum absolute atomic E-state index is 0.0919. The Morgan fingerprint density at radius 2 is 1.82 bits per heavy atom. The number of methoxy groups -OCH3 is 1. The zero-order chi connectivity index (χ0) is 23.8. The molecule has 3 heterocycles. The molecule has 5 aliphatic rings. The average Bonchev–Trinajstić information content (AvgIpc) is 3.68. The molecule has 8 nitrogen and oxygen atoms in total. The summed E-state index contributed by atoms with van der Waals surface area (Å²) in [6.07, 6.45) is 1.68. The summed E-state index contributed by atoms with van der Waals surface area (Å²) in [5.41, 5.74) is -1.79. The van der Waals surface area contributed by atoms with Crippen LogP contribution < -0.4 is 5.32 Å². The van der Waals surface area contributed by atoms with E-state index < -0.39 is 11.7 Å². The van der Waals surface area contributed by atoms with E-state index in [1.807, 2.05) is 9.80 Å². The number of halogens is 3. The van der Waals surface area contributed by atoms with Crippen LogP contribution in [0.5, 0.6) is 0 Å². The smallest absolute Gasteiger partial charge is 0.370 e. The van der Waals surface area contributed by atoms with E-state index in [1.165, 1.54) is 0 Å². The van der Waals surface area contributed by atoms with Crippen molar-refractivity contribution in [1.29, 1.82) is 0 Å². The Kier molecular flexibility index (Phi) is 5.02. The largest absolute Gasteiger partial charge is 0.406 e. The van der Waals surface area contributed by atoms with E-state index in [4.69, 9.17) is 9.72 Å². The van der Waals surface area contributed by atoms with Crippen LogP contribution in [-0.2, 0) is 10.3 Å². The first-order valence-electron chi connectivity index (χ1n) is 12.5. The van der Waals surface area contributed by atoms with Gasteiger partial charge in [-0.2, -0.15) is 18.3 Å². The Morgan fingerprint density at radius 3 is 2.38 bits per heavy atom. The van der Waals surface area contributed by atoms with Crippen molar-refractivity contribution in [2.75, 3.05) is 39.8 Å². The lowest BCUT2D eigenvalue weighted by Gasteiger charge is -2.60. The fourth-order valence-corrected chi connectivity index (χ4v) is 6.33. The molecule has 2 amide bonds. The standard InChI is InChI=1S/C23H33F3N6O2/c1-34-21(4-5-21)18-28-17(29-30-18)16-2-8-31(9-3-16)19(33)32-13-20(14-32)10-15(11-20)12-27-22(6-7-22)23(24,25)26/h15-16,27H,2-14H2,1H3,(H,28,29,30). The normalized spacial score (nSPS) is 27.4. The van der Waals surface area contributed by atoms with E-state index in [0.29, 0.717) is 19.6 Å². The fraction of sp³-hybridized carbons (Fsp3) is 0.870. The second-order valence-corrected chi connectivity index (χ2v) is 11.4. The minimum Gasteiger partial charge on any atom is -0.370 e. The highest BCUT2D eigenvalue weighted by Crippen LogP contribution is 2.54. The molecule has 0 radical (unpaired) electrons. The van der Waals surface area contributed by atoms with E-state index in [9.17, 15) is 18.0 Å². The van der Waals surface area contributed by atoms with Gasteiger partial charge in [0.25, 0.3) is 0 Å². The third kappa shape index (κ3) is 3.70. The van der Waals surface area contributed by atoms with Crippen LogP contribution >= 0.6 is 0 Å². The molecule has 1 aromatic rings. The Labute approximate surface area is 197 Å². The zero-order valence-corrected chi connectivity index (χ0v) is 19.6. The van der Waals surface area contributed by atoms with Crippen LogP contribution in [0.4, 0.5) is 18.0 Å². The van der Waals surface area contributed by atoms with Gasteiger partial charge in [0.05, 0.1) is 0 Å². The van der Waals surface area contributed by atoms with Crippen molar-refractivity contribution >= 4 is 6.03 Å². The van der Waals surface area contributed by atoms with Gasteiger partial charge in [-0.3, -0.25) is 5.10 Å². The maximum atomic E-state index is 13.1. The van der Waals surface area contributed by atoms with E-state index >= 15 is 0 Å². The Balaban J connectivity index is 0.929. The monoisotopic (exact) mass is 482 g/mol. The highest BCUT2D eigenvalue weighted by atomic mass is 19.4. The quantitative estimate of drug-likeness (QED) is 0.651. The van der Waals surface area contributed by atoms with E-state index in [1.54, 1.807) is 7.11 Å². The molecule has 3 saturated carbocycles. The predicted octanol–water partition coefficient (Wildman–Crippen LogP) is 3.14. The number of carbonyl (C=O) groups excluding carboxylic acids is 1. The van der Waals surface area contributed by atoms with Gasteiger partial charge in [-0.1, -0.05) is 0 Å². The number of nitrogens with zero attached hydrogens (tertiary/aromatic N) is 4. The first-order chi connectivity index (χ1) is 16.2. The summed E-state index contributed by atoms with van der Waals surface area (Å²) < 4.78 is 44.8. The number of aromatic nitrogens is 3. The highest BCUT2D eigenvalue weighted by Gasteiger charge is 2.63. The van der Waals surface area contributed by atoms with Gasteiger partial charge < -0.3 is 19.9 Å². The summed E-state index contributed by atoms with van der Waals surface area (Å²) >= 11 is 0. The molecule has 1 spiro atoms. The van der Waals surface area contributed by atoms with Gasteiger partial charge in [0.2, 0.25) is 0 Å². The molecule has 6 rings (SSSR count). The molecule has 0 aromatic carbocycles. The SMILES string of the molecule is COC1(c2n[nH]c(C3CCN(C(=O)N4CC5(CC(CNC6(C(F)(F)F)CC6)C5)C4)CC3)n2)CC1. The third-order valence-electron chi connectivity index (χ3n) is 8.95. The second kappa shape index (κ2) is 7.56. The molecule has 2 aliphatic heterocycles. The van der Waals surface area contributed by atoms with E-state index in [2.05, 4.69) is 15.5 Å². The van der Waals surface area contributed by atoms with Crippen molar-refractivity contribution in [3.05, 3.63) is 11.6 Å². The van der Waals surface area contributed by atoms with E-state index in [0.717, 1.165) is 63.3 Å². The maximum absolute atomic E-state index is 13.1. The fourth-order valence-electron chi connectivity index (χ4n) is 6.33. The van der Waals surface area contributed by atoms with Gasteiger partial charge in [-0.05, 0) is 63.8 Å². The average molecular weight is 483 g/mol. The van der Waals surface area contributed by atoms with Gasteiger partial charge >= 0.3 is 12.2 Å². The van der Waals surface area contributed by atoms with Gasteiger partial charge in [-0.25, -0.2) is 9.78 Å². The molecule has 3 aliphatic carbocycles. The van der Waals surface area contributed by atoms with Crippen LogP contribution in [-0.4, -0.2) is 82.6 Å². The molecule has 5 fully saturated rings. The number of urea groups is 1. The first-order valence-corrected chi connectivity index (χ1v) is 12.5. The van der Waals surface area contributed by atoms with Gasteiger partial charge in [0, 0.05) is 44.6 Å². The van der Waals surface area contributed by atoms with Crippen molar-refractivity contribution in [3.8, 4) is 0 Å². The Morgan fingerprint density at radius 1 is 1.15 bits per heavy atom. The lowest BCUT2D eigenvalue weighted by atomic mass is 9.57. The lowest BCUT2D eigenvalue weighted by molar-refractivity contribution is -0.168. The first kappa shape index (κ1) is 22.6. The number of alkyl halides is 3. The lowest BCUT2D eigenvalue weighted by Crippen LogP contribution is -2.67. The number of ether oxygens (including phenoxy) is 1. The van der Waals surface area contributed by atoms with Crippen molar-refractivity contribution in [2.45, 2.75) is 74.6 Å². The number of hydrogen-bond acceptors (Lipinski definition) is 5. The molecule has 2 saturated heterocycles. The topological polar surface area (TPSA) is 86.4 Å². The third-order valence-corrected chi connectivity index (χ3v) is 8.95. The molecule has 0 atom stereocenters. The Bertz CT molecular complexity index is 935. The van der Waals surface area contributed by atoms with Crippen LogP contribution in [0.25, 0.3) is 0 Å². The van der Waals surface area contributed by atoms with Crippen molar-refractivity contribution < 1.29 is 22.7 Å². The number of aromatic amines is 1. The summed E-state index contributed by atoms with van der Waals surface area (Å²) in [5, 5.41) is 10.2. The van der Waals surface area contributed by atoms with E-state index in [-0.39, 0.29) is 41.7 Å². The summed E-state index contributed by atoms with van der Waals surface area (Å²) in [6.45, 7) is 3.29. The highest BCUT2D eigenvalue weighted by molar-refractivity contribution is 5.75. The van der Waals surface area contributed by atoms with Gasteiger partial charge in [0.1, 0.15) is 17.0 Å². The number of rotatable bonds is 6. The van der Waals surface area contributed by atoms with Crippen LogP contribution in [0, 0.1) is 11.3 Å². The molecule has 34 heavy (non-hydrogen) atoms. The summed E-state index contributed by atoms with van der Waals surface area (Å²) in [4.78, 5) is 21.5. The predicted molar refractivity (Wildman–Crippen MR) is 116 cm³/mol. The molecule has 188 valence electrons. The number of H-pyrrole nitrogens is 1. The number of piperidine rings is 1. The molecular formula is C23H33F3N6O2. The summed E-state index contributed by atoms with van der Waals surface area (Å²) in [6, 6.07) is 0.0919. The zero-order valence-electron chi connectivity index (χ0n) is 19.6. The van der Waals surface area contributed by atoms with Crippen LogP contribution in [0.15, 0.2) is 0 Å². The molecule has 0 unspecified atom stereocenters. The molecule has 2 N–H and O–H groups in total. The van der Waals surface area contributed by atoms with Crippen LogP contribution in [0.1, 0.15) is 68.9 Å². The Hall–Kier alpha value is -1.88. The van der Waals surface area contributed by atoms with Crippen LogP contribution in [0.2, 0.25) is 0 Å². The van der Waals surface area contributed by atoms with Crippen molar-refractivity contribution in [3.63, 3.8) is 0 Å². The number of nitrogens with one attached hydrogen (secondary N) is 2. The summed E-state index contributed by atoms with van der Waals surface area (Å²) in [7, 11) is 1.70. The second-order valence-electron chi connectivity index (χ2n) is 11.4. The van der Waals surface area contributed by atoms with Gasteiger partial charge in [0.15, 0.2) is 5.82 Å². The van der Waals surface area contributed by atoms with Gasteiger partial charge in [-0.15, -0.1) is 0 Å². The summed E-state index contributed by atoms with van der Waals surface area (Å²) in [5.74, 6) is 2.19. The molecular weight excluding hydrogens is 449 g/mol. The van der Waals surface area contributed by atoms with Crippen molar-refractivity contribution in [1.82, 2.24) is 30.3 Å². The molecule has 0 bridgehead atoms. The molecule has 1 aromatic heterocycles.